The van der Waals surface area contributed by atoms with Gasteiger partial charge in [0.2, 0.25) is 0 Å². The van der Waals surface area contributed by atoms with Gasteiger partial charge in [0.25, 0.3) is 5.70 Å². The lowest BCUT2D eigenvalue weighted by atomic mass is 9.93. The maximum Gasteiger partial charge on any atom is 0.344 e. The van der Waals surface area contributed by atoms with Crippen LogP contribution in [0.15, 0.2) is 23.2 Å². The molecule has 0 saturated carbocycles. The lowest BCUT2D eigenvalue weighted by Crippen LogP contribution is -2.56. The van der Waals surface area contributed by atoms with E-state index in [4.69, 9.17) is 17.2 Å². The van der Waals surface area contributed by atoms with Crippen LogP contribution in [-0.4, -0.2) is 26.5 Å². The first-order valence-electron chi connectivity index (χ1n) is 4.33. The molecule has 2 unspecified atom stereocenters. The van der Waals surface area contributed by atoms with E-state index in [0.717, 1.165) is 0 Å². The summed E-state index contributed by atoms with van der Waals surface area (Å²) in [5.74, 6) is 0. The number of nitro groups is 3. The highest BCUT2D eigenvalue weighted by atomic mass is 16.6. The van der Waals surface area contributed by atoms with Gasteiger partial charge in [-0.05, 0) is 0 Å². The van der Waals surface area contributed by atoms with Crippen molar-refractivity contribution in [2.24, 2.45) is 17.2 Å². The van der Waals surface area contributed by atoms with Gasteiger partial charge in [-0.15, -0.1) is 0 Å². The normalized spacial score (nSPS) is 27.7. The van der Waals surface area contributed by atoms with E-state index in [-0.39, 0.29) is 0 Å². The van der Waals surface area contributed by atoms with E-state index in [1.165, 1.54) is 0 Å². The van der Waals surface area contributed by atoms with Crippen molar-refractivity contribution in [1.82, 2.24) is 0 Å². The smallest absolute Gasteiger partial charge is 0.344 e. The second-order valence-electron chi connectivity index (χ2n) is 3.44. The number of hydrogen-bond acceptors (Lipinski definition) is 9. The first-order chi connectivity index (χ1) is 8.12. The molecule has 1 aliphatic carbocycles. The van der Waals surface area contributed by atoms with Gasteiger partial charge in [0, 0.05) is 0 Å². The Bertz CT molecular complexity index is 511. The van der Waals surface area contributed by atoms with Crippen LogP contribution >= 0.6 is 0 Å². The van der Waals surface area contributed by atoms with E-state index >= 15 is 0 Å². The second kappa shape index (κ2) is 4.01. The molecule has 18 heavy (non-hydrogen) atoms. The quantitative estimate of drug-likeness (QED) is 0.287. The highest BCUT2D eigenvalue weighted by molar-refractivity contribution is 5.35. The SMILES string of the molecule is NC1=C([N+](=O)[O-])C(N)C([N+](=O)[O-])=CC1(N)[N+](=O)[O-]. The Morgan fingerprint density at radius 3 is 2.00 bits per heavy atom. The van der Waals surface area contributed by atoms with Crippen molar-refractivity contribution in [3.8, 4) is 0 Å². The molecule has 0 aromatic rings. The number of nitrogens with zero attached hydrogens (tertiary/aromatic N) is 3. The number of rotatable bonds is 3. The van der Waals surface area contributed by atoms with Gasteiger partial charge in [0.1, 0.15) is 0 Å². The Kier molecular flexibility index (Phi) is 3.00. The molecular weight excluding hydrogens is 252 g/mol. The van der Waals surface area contributed by atoms with Crippen LogP contribution in [0.25, 0.3) is 0 Å². The predicted molar refractivity (Wildman–Crippen MR) is 55.2 cm³/mol. The molecule has 0 radical (unpaired) electrons. The third kappa shape index (κ3) is 1.74. The van der Waals surface area contributed by atoms with Crippen LogP contribution in [0.5, 0.6) is 0 Å². The van der Waals surface area contributed by atoms with Crippen LogP contribution in [-0.2, 0) is 0 Å². The average Bonchev–Trinajstić information content (AvgIpc) is 2.22. The lowest BCUT2D eigenvalue weighted by Gasteiger charge is -2.22. The zero-order chi connectivity index (χ0) is 14.2. The minimum Gasteiger partial charge on any atom is -0.389 e. The third-order valence-electron chi connectivity index (χ3n) is 2.40. The zero-order valence-corrected chi connectivity index (χ0v) is 8.68. The van der Waals surface area contributed by atoms with Gasteiger partial charge in [0.05, 0.1) is 20.8 Å². The standard InChI is InChI=1S/C6H8N6O6/c7-3-2(10(13)14)1-6(9,12(17)18)5(8)4(3)11(15)16/h1,3H,7-9H2. The van der Waals surface area contributed by atoms with Gasteiger partial charge < -0.3 is 11.5 Å². The van der Waals surface area contributed by atoms with Crippen molar-refractivity contribution in [2.75, 3.05) is 0 Å². The van der Waals surface area contributed by atoms with Crippen molar-refractivity contribution in [2.45, 2.75) is 11.7 Å². The summed E-state index contributed by atoms with van der Waals surface area (Å²) in [6, 6.07) is -1.79. The Morgan fingerprint density at radius 1 is 1.17 bits per heavy atom. The van der Waals surface area contributed by atoms with Crippen molar-refractivity contribution in [3.63, 3.8) is 0 Å². The molecule has 1 aliphatic rings. The van der Waals surface area contributed by atoms with Crippen molar-refractivity contribution in [3.05, 3.63) is 53.5 Å². The second-order valence-corrected chi connectivity index (χ2v) is 3.44. The molecule has 0 aromatic carbocycles. The van der Waals surface area contributed by atoms with Crippen molar-refractivity contribution >= 4 is 0 Å². The molecule has 0 amide bonds. The maximum atomic E-state index is 10.8. The summed E-state index contributed by atoms with van der Waals surface area (Å²) in [5, 5.41) is 32.1. The molecule has 6 N–H and O–H groups in total. The van der Waals surface area contributed by atoms with Gasteiger partial charge in [-0.2, -0.15) is 0 Å². The van der Waals surface area contributed by atoms with Gasteiger partial charge in [0.15, 0.2) is 11.7 Å². The fourth-order valence-electron chi connectivity index (χ4n) is 1.43. The summed E-state index contributed by atoms with van der Waals surface area (Å²) < 4.78 is 0. The molecule has 0 spiro atoms. The van der Waals surface area contributed by atoms with E-state index in [1.54, 1.807) is 0 Å². The van der Waals surface area contributed by atoms with E-state index in [0.29, 0.717) is 6.08 Å². The largest absolute Gasteiger partial charge is 0.389 e. The number of nitrogens with two attached hydrogens (primary N) is 3. The van der Waals surface area contributed by atoms with E-state index < -0.39 is 43.6 Å². The zero-order valence-electron chi connectivity index (χ0n) is 8.68. The molecule has 98 valence electrons. The highest BCUT2D eigenvalue weighted by Gasteiger charge is 2.54. The van der Waals surface area contributed by atoms with Crippen LogP contribution in [0.1, 0.15) is 0 Å². The van der Waals surface area contributed by atoms with E-state index in [1.807, 2.05) is 0 Å². The van der Waals surface area contributed by atoms with Gasteiger partial charge in [-0.3, -0.25) is 36.1 Å². The summed E-state index contributed by atoms with van der Waals surface area (Å²) in [6.07, 6.45) is 0.403. The molecule has 0 saturated heterocycles. The fraction of sp³-hybridized carbons (Fsp3) is 0.333. The predicted octanol–water partition coefficient (Wildman–Crippen LogP) is -2.13. The van der Waals surface area contributed by atoms with Gasteiger partial charge in [-0.1, -0.05) is 0 Å². The molecule has 0 aliphatic heterocycles. The molecule has 0 heterocycles. The average molecular weight is 260 g/mol. The third-order valence-corrected chi connectivity index (χ3v) is 2.40. The molecule has 0 fully saturated rings. The Labute approximate surface area is 98.2 Å². The van der Waals surface area contributed by atoms with E-state index in [2.05, 4.69) is 0 Å². The van der Waals surface area contributed by atoms with Crippen molar-refractivity contribution in [1.29, 1.82) is 0 Å². The Morgan fingerprint density at radius 2 is 1.67 bits per heavy atom. The van der Waals surface area contributed by atoms with Gasteiger partial charge in [-0.25, -0.2) is 0 Å². The Balaban J connectivity index is 3.57. The molecule has 12 nitrogen and oxygen atoms in total. The fourth-order valence-corrected chi connectivity index (χ4v) is 1.43. The number of hydrogen-bond donors (Lipinski definition) is 3. The minimum absolute atomic E-state index is 0.403. The van der Waals surface area contributed by atoms with Crippen LogP contribution < -0.4 is 17.2 Å². The summed E-state index contributed by atoms with van der Waals surface area (Å²) in [5.41, 5.74) is 10.1. The van der Waals surface area contributed by atoms with Crippen LogP contribution in [0.2, 0.25) is 0 Å². The maximum absolute atomic E-state index is 10.8. The van der Waals surface area contributed by atoms with Crippen LogP contribution in [0, 0.1) is 30.3 Å². The molecule has 0 aromatic heterocycles. The summed E-state index contributed by atoms with van der Waals surface area (Å²) in [4.78, 5) is 28.8. The Hall–Kier alpha value is -2.60. The van der Waals surface area contributed by atoms with E-state index in [9.17, 15) is 30.3 Å². The first kappa shape index (κ1) is 13.5. The minimum atomic E-state index is -2.72. The first-order valence-corrected chi connectivity index (χ1v) is 4.33. The molecule has 12 heteroatoms. The molecular formula is C6H8N6O6. The molecule has 1 rings (SSSR count). The van der Waals surface area contributed by atoms with Gasteiger partial charge >= 0.3 is 11.4 Å². The van der Waals surface area contributed by atoms with Crippen molar-refractivity contribution < 1.29 is 14.8 Å². The topological polar surface area (TPSA) is 207 Å². The lowest BCUT2D eigenvalue weighted by molar-refractivity contribution is -0.550. The van der Waals surface area contributed by atoms with Crippen LogP contribution in [0.4, 0.5) is 0 Å². The highest BCUT2D eigenvalue weighted by Crippen LogP contribution is 2.28. The van der Waals surface area contributed by atoms with Crippen LogP contribution in [0.3, 0.4) is 0 Å². The molecule has 0 bridgehead atoms. The monoisotopic (exact) mass is 260 g/mol. The summed E-state index contributed by atoms with van der Waals surface area (Å²) in [7, 11) is 0. The summed E-state index contributed by atoms with van der Waals surface area (Å²) in [6.45, 7) is 0. The summed E-state index contributed by atoms with van der Waals surface area (Å²) >= 11 is 0. The molecule has 2 atom stereocenters.